The minimum Gasteiger partial charge on any atom is -0.263 e. The molecule has 4 aromatic carbocycles. The smallest absolute Gasteiger partial charge is 0.101 e. The summed E-state index contributed by atoms with van der Waals surface area (Å²) in [6, 6.07) is 29.6. The van der Waals surface area contributed by atoms with E-state index in [1.807, 2.05) is 36.7 Å². The Labute approximate surface area is 216 Å². The van der Waals surface area contributed by atoms with Gasteiger partial charge in [0.15, 0.2) is 0 Å². The monoisotopic (exact) mass is 488 g/mol. The van der Waals surface area contributed by atoms with Gasteiger partial charge in [0.2, 0.25) is 0 Å². The van der Waals surface area contributed by atoms with Gasteiger partial charge in [-0.15, -0.1) is 11.3 Å². The summed E-state index contributed by atoms with van der Waals surface area (Å²) in [5.41, 5.74) is 4.92. The van der Waals surface area contributed by atoms with Crippen LogP contribution in [0.15, 0.2) is 97.6 Å². The first-order valence-electron chi connectivity index (χ1n) is 11.8. The molecular formula is C32H16N4S. The molecule has 4 nitrogen and oxygen atoms in total. The van der Waals surface area contributed by atoms with Gasteiger partial charge in [0.25, 0.3) is 0 Å². The highest BCUT2D eigenvalue weighted by molar-refractivity contribution is 7.25. The minimum atomic E-state index is 0.520. The molecule has 0 bridgehead atoms. The number of hydrogen-bond donors (Lipinski definition) is 0. The minimum absolute atomic E-state index is 0.520. The lowest BCUT2D eigenvalue weighted by Crippen LogP contribution is -1.93. The van der Waals surface area contributed by atoms with E-state index in [9.17, 15) is 10.5 Å². The maximum absolute atomic E-state index is 9.59. The first-order valence-corrected chi connectivity index (χ1v) is 12.6. The molecule has 7 aromatic rings. The van der Waals surface area contributed by atoms with Gasteiger partial charge in [0, 0.05) is 56.1 Å². The Kier molecular flexibility index (Phi) is 4.72. The van der Waals surface area contributed by atoms with Crippen LogP contribution in [0.4, 0.5) is 0 Å². The number of rotatable bonds is 2. The maximum Gasteiger partial charge on any atom is 0.101 e. The van der Waals surface area contributed by atoms with Crippen LogP contribution in [-0.4, -0.2) is 9.97 Å². The molecule has 0 aliphatic heterocycles. The predicted octanol–water partition coefficient (Wildman–Crippen LogP) is 8.23. The summed E-state index contributed by atoms with van der Waals surface area (Å²) in [5.74, 6) is 0. The number of fused-ring (bicyclic) bond motifs is 5. The van der Waals surface area contributed by atoms with E-state index in [0.29, 0.717) is 11.1 Å². The van der Waals surface area contributed by atoms with E-state index in [1.54, 1.807) is 23.7 Å². The molecule has 0 saturated carbocycles. The fraction of sp³-hybridized carbons (Fsp3) is 0. The van der Waals surface area contributed by atoms with Gasteiger partial charge in [-0.05, 0) is 63.0 Å². The van der Waals surface area contributed by atoms with Crippen molar-refractivity contribution in [3.05, 3.63) is 109 Å². The van der Waals surface area contributed by atoms with Gasteiger partial charge in [-0.2, -0.15) is 10.5 Å². The molecule has 0 fully saturated rings. The Balaban J connectivity index is 1.74. The van der Waals surface area contributed by atoms with Crippen molar-refractivity contribution in [2.24, 2.45) is 0 Å². The van der Waals surface area contributed by atoms with Gasteiger partial charge in [-0.1, -0.05) is 42.5 Å². The average Bonchev–Trinajstić information content (AvgIpc) is 3.32. The molecule has 7 rings (SSSR count). The van der Waals surface area contributed by atoms with Crippen LogP contribution in [0, 0.1) is 22.7 Å². The molecule has 0 unspecified atom stereocenters. The molecule has 5 heteroatoms. The number of benzene rings is 4. The van der Waals surface area contributed by atoms with Gasteiger partial charge in [0.1, 0.15) is 12.1 Å². The van der Waals surface area contributed by atoms with Crippen LogP contribution < -0.4 is 0 Å². The largest absolute Gasteiger partial charge is 0.263 e. The Morgan fingerprint density at radius 1 is 0.514 bits per heavy atom. The number of thiophene rings is 1. The second kappa shape index (κ2) is 8.24. The summed E-state index contributed by atoms with van der Waals surface area (Å²) < 4.78 is 2.44. The third-order valence-electron chi connectivity index (χ3n) is 6.83. The third kappa shape index (κ3) is 3.27. The van der Waals surface area contributed by atoms with Crippen LogP contribution >= 0.6 is 11.3 Å². The van der Waals surface area contributed by atoms with E-state index in [1.165, 1.54) is 20.2 Å². The highest BCUT2D eigenvalue weighted by Crippen LogP contribution is 2.46. The molecule has 0 saturated heterocycles. The standard InChI is InChI=1S/C32H16N4S/c33-13-19-9-21(17-35-15-19)31-24-6-1-2-7-25(24)32(22-10-20(14-34)16-36-18-22)28-12-30-26(11-27(28)31)23-5-3-4-8-29(23)37-30/h1-12,15-18H. The molecule has 0 amide bonds. The van der Waals surface area contributed by atoms with Crippen molar-refractivity contribution in [2.75, 3.05) is 0 Å². The summed E-state index contributed by atoms with van der Waals surface area (Å²) in [6.45, 7) is 0. The van der Waals surface area contributed by atoms with Crippen molar-refractivity contribution in [1.29, 1.82) is 10.5 Å². The van der Waals surface area contributed by atoms with Crippen LogP contribution in [0.2, 0.25) is 0 Å². The van der Waals surface area contributed by atoms with Gasteiger partial charge >= 0.3 is 0 Å². The first kappa shape index (κ1) is 21.2. The van der Waals surface area contributed by atoms with E-state index in [2.05, 4.69) is 70.6 Å². The second-order valence-corrected chi connectivity index (χ2v) is 10.0. The number of nitriles is 2. The van der Waals surface area contributed by atoms with Gasteiger partial charge in [-0.3, -0.25) is 9.97 Å². The molecular weight excluding hydrogens is 472 g/mol. The van der Waals surface area contributed by atoms with Crippen molar-refractivity contribution in [1.82, 2.24) is 9.97 Å². The Hall–Kier alpha value is -5.10. The molecule has 0 aliphatic carbocycles. The lowest BCUT2D eigenvalue weighted by Gasteiger charge is -2.18. The highest BCUT2D eigenvalue weighted by atomic mass is 32.1. The van der Waals surface area contributed by atoms with E-state index < -0.39 is 0 Å². The molecule has 0 aliphatic rings. The van der Waals surface area contributed by atoms with Gasteiger partial charge in [0.05, 0.1) is 11.1 Å². The van der Waals surface area contributed by atoms with Crippen LogP contribution in [0.3, 0.4) is 0 Å². The van der Waals surface area contributed by atoms with Crippen LogP contribution in [0.1, 0.15) is 11.1 Å². The van der Waals surface area contributed by atoms with Crippen LogP contribution in [0.25, 0.3) is 64.0 Å². The first-order chi connectivity index (χ1) is 18.2. The summed E-state index contributed by atoms with van der Waals surface area (Å²) in [7, 11) is 0. The van der Waals surface area contributed by atoms with Crippen LogP contribution in [0.5, 0.6) is 0 Å². The molecule has 3 heterocycles. The van der Waals surface area contributed by atoms with Gasteiger partial charge < -0.3 is 0 Å². The van der Waals surface area contributed by atoms with Crippen molar-refractivity contribution in [3.8, 4) is 34.4 Å². The normalized spacial score (nSPS) is 11.2. The van der Waals surface area contributed by atoms with E-state index >= 15 is 0 Å². The molecule has 170 valence electrons. The Bertz CT molecular complexity index is 2130. The number of hydrogen-bond acceptors (Lipinski definition) is 5. The lowest BCUT2D eigenvalue weighted by atomic mass is 9.86. The highest BCUT2D eigenvalue weighted by Gasteiger charge is 2.19. The zero-order chi connectivity index (χ0) is 24.9. The number of aromatic nitrogens is 2. The summed E-state index contributed by atoms with van der Waals surface area (Å²) in [5, 5.41) is 25.9. The molecule has 0 atom stereocenters. The molecule has 0 N–H and O–H groups in total. The lowest BCUT2D eigenvalue weighted by molar-refractivity contribution is 1.30. The molecule has 37 heavy (non-hydrogen) atoms. The maximum atomic E-state index is 9.59. The van der Waals surface area contributed by atoms with Gasteiger partial charge in [-0.25, -0.2) is 0 Å². The fourth-order valence-electron chi connectivity index (χ4n) is 5.29. The summed E-state index contributed by atoms with van der Waals surface area (Å²) in [6.07, 6.45) is 6.83. The van der Waals surface area contributed by atoms with Crippen molar-refractivity contribution in [3.63, 3.8) is 0 Å². The molecule has 0 radical (unpaired) electrons. The zero-order valence-corrected chi connectivity index (χ0v) is 20.3. The van der Waals surface area contributed by atoms with Crippen molar-refractivity contribution in [2.45, 2.75) is 0 Å². The SMILES string of the molecule is N#Cc1cncc(-c2c3ccccc3c(-c3cncc(C#N)c3)c3cc4c(cc23)sc2ccccc24)c1. The molecule has 0 spiro atoms. The summed E-state index contributed by atoms with van der Waals surface area (Å²) in [4.78, 5) is 8.76. The van der Waals surface area contributed by atoms with E-state index in [-0.39, 0.29) is 0 Å². The van der Waals surface area contributed by atoms with Crippen molar-refractivity contribution >= 4 is 53.1 Å². The Morgan fingerprint density at radius 3 is 1.65 bits per heavy atom. The second-order valence-electron chi connectivity index (χ2n) is 8.94. The topological polar surface area (TPSA) is 73.4 Å². The fourth-order valence-corrected chi connectivity index (χ4v) is 6.42. The van der Waals surface area contributed by atoms with Crippen LogP contribution in [-0.2, 0) is 0 Å². The summed E-state index contributed by atoms with van der Waals surface area (Å²) >= 11 is 1.78. The zero-order valence-electron chi connectivity index (χ0n) is 19.4. The van der Waals surface area contributed by atoms with E-state index in [4.69, 9.17) is 0 Å². The Morgan fingerprint density at radius 2 is 1.05 bits per heavy atom. The predicted molar refractivity (Wildman–Crippen MR) is 150 cm³/mol. The number of pyridine rings is 2. The number of nitrogens with zero attached hydrogens (tertiary/aromatic N) is 4. The molecule has 3 aromatic heterocycles. The van der Waals surface area contributed by atoms with E-state index in [0.717, 1.165) is 43.8 Å². The van der Waals surface area contributed by atoms with Crippen molar-refractivity contribution < 1.29 is 0 Å². The quantitative estimate of drug-likeness (QED) is 0.230. The third-order valence-corrected chi connectivity index (χ3v) is 7.97. The average molecular weight is 489 g/mol.